The number of sulfone groups is 1. The van der Waals surface area contributed by atoms with Crippen molar-refractivity contribution in [2.24, 2.45) is 5.14 Å². The molecule has 9 nitrogen and oxygen atoms in total. The van der Waals surface area contributed by atoms with Gasteiger partial charge in [0.25, 0.3) is 26.5 Å². The Bertz CT molecular complexity index is 2640. The molecule has 0 aliphatic rings. The molecule has 1 atom stereocenters. The maximum Gasteiger partial charge on any atom is 0.501 e. The van der Waals surface area contributed by atoms with E-state index in [1.165, 1.54) is 11.8 Å². The lowest BCUT2D eigenvalue weighted by Gasteiger charge is -2.44. The topological polar surface area (TPSA) is 128 Å². The predicted molar refractivity (Wildman–Crippen MR) is 284 cm³/mol. The van der Waals surface area contributed by atoms with Crippen molar-refractivity contribution in [1.82, 2.24) is 4.90 Å². The average Bonchev–Trinajstić information content (AvgIpc) is 3.32. The van der Waals surface area contributed by atoms with Crippen LogP contribution < -0.4 is 31.2 Å². The highest BCUT2D eigenvalue weighted by Gasteiger charge is 2.52. The summed E-state index contributed by atoms with van der Waals surface area (Å²) in [5.41, 5.74) is -6.11. The summed E-state index contributed by atoms with van der Waals surface area (Å²) in [6.45, 7) is 15.3. The molecule has 0 bridgehead atoms. The molecule has 0 radical (unpaired) electrons. The first kappa shape index (κ1) is 54.8. The fourth-order valence-corrected chi connectivity index (χ4v) is 20.8. The van der Waals surface area contributed by atoms with Crippen LogP contribution in [0.15, 0.2) is 185 Å². The Kier molecular flexibility index (Phi) is 17.9. The summed E-state index contributed by atoms with van der Waals surface area (Å²) in [4.78, 5) is 1.16. The molecule has 0 spiro atoms. The van der Waals surface area contributed by atoms with Gasteiger partial charge in [0.05, 0.1) is 10.6 Å². The normalized spacial score (nSPS) is 13.6. The summed E-state index contributed by atoms with van der Waals surface area (Å²) in [6.07, 6.45) is 0.334. The van der Waals surface area contributed by atoms with Gasteiger partial charge in [-0.3, -0.25) is 4.90 Å². The van der Waals surface area contributed by atoms with Gasteiger partial charge in [-0.25, -0.2) is 22.0 Å². The lowest BCUT2D eigenvalue weighted by atomic mass is 10.2. The van der Waals surface area contributed by atoms with E-state index >= 15 is 0 Å². The van der Waals surface area contributed by atoms with E-state index in [-0.39, 0.29) is 15.8 Å². The minimum Gasteiger partial charge on any atom is -0.406 e. The number of anilines is 1. The van der Waals surface area contributed by atoms with Gasteiger partial charge in [0.15, 0.2) is 0 Å². The Balaban J connectivity index is 1.38. The summed E-state index contributed by atoms with van der Waals surface area (Å²) in [6, 6.07) is 52.8. The van der Waals surface area contributed by atoms with E-state index in [4.69, 9.17) is 14.0 Å². The Morgan fingerprint density at radius 3 is 1.33 bits per heavy atom. The number of nitrogens with one attached hydrogen (secondary N) is 1. The van der Waals surface area contributed by atoms with E-state index < -0.39 is 57.8 Å². The van der Waals surface area contributed by atoms with E-state index in [1.54, 1.807) is 0 Å². The molecule has 0 aliphatic carbocycles. The van der Waals surface area contributed by atoms with Gasteiger partial charge in [-0.15, -0.1) is 11.8 Å². The monoisotopic (exact) mass is 1050 g/mol. The second kappa shape index (κ2) is 22.9. The predicted octanol–water partition coefficient (Wildman–Crippen LogP) is 9.05. The summed E-state index contributed by atoms with van der Waals surface area (Å²) in [7, 11) is -16.5. The Hall–Kier alpha value is -4.57. The van der Waals surface area contributed by atoms with Crippen LogP contribution in [0.3, 0.4) is 0 Å². The molecule has 0 unspecified atom stereocenters. The summed E-state index contributed by atoms with van der Waals surface area (Å²) in [5.74, 6) is 0.317. The molecule has 6 aromatic rings. The number of benzene rings is 6. The lowest BCUT2D eigenvalue weighted by molar-refractivity contribution is -0.0435. The quantitative estimate of drug-likeness (QED) is 0.0506. The van der Waals surface area contributed by atoms with Crippen LogP contribution in [0, 0.1) is 0 Å². The van der Waals surface area contributed by atoms with Crippen LogP contribution in [0.25, 0.3) is 0 Å². The van der Waals surface area contributed by atoms with Crippen LogP contribution in [-0.2, 0) is 28.7 Å². The number of hydrogen-bond acceptors (Lipinski definition) is 9. The minimum atomic E-state index is -6.03. The van der Waals surface area contributed by atoms with Crippen molar-refractivity contribution < 1.29 is 38.9 Å². The number of nitrogens with two attached hydrogens (primary N) is 1. The number of halogens is 3. The van der Waals surface area contributed by atoms with Crippen LogP contribution in [0.2, 0.25) is 10.1 Å². The van der Waals surface area contributed by atoms with Crippen LogP contribution >= 0.6 is 11.8 Å². The Labute approximate surface area is 419 Å². The first-order valence-corrected chi connectivity index (χ1v) is 31.0. The molecule has 0 aromatic heterocycles. The highest BCUT2D eigenvalue weighted by Crippen LogP contribution is 2.39. The average molecular weight is 1050 g/mol. The molecular formula is C53H64F3N3O6S3Si2. The van der Waals surface area contributed by atoms with Crippen LogP contribution in [0.4, 0.5) is 18.9 Å². The van der Waals surface area contributed by atoms with Crippen LogP contribution in [0.1, 0.15) is 48.0 Å². The van der Waals surface area contributed by atoms with Crippen molar-refractivity contribution in [2.75, 3.05) is 43.9 Å². The number of hydrogen-bond donors (Lipinski definition) is 2. The van der Waals surface area contributed by atoms with Gasteiger partial charge in [-0.2, -0.15) is 13.2 Å². The Morgan fingerprint density at radius 1 is 0.586 bits per heavy atom. The maximum atomic E-state index is 14.2. The second-order valence-corrected chi connectivity index (χ2v) is 32.4. The zero-order chi connectivity index (χ0) is 50.9. The van der Waals surface area contributed by atoms with E-state index in [0.29, 0.717) is 51.1 Å². The van der Waals surface area contributed by atoms with Crippen molar-refractivity contribution in [3.63, 3.8) is 0 Å². The molecule has 0 heterocycles. The first-order valence-electron chi connectivity index (χ1n) is 23.2. The van der Waals surface area contributed by atoms with Crippen molar-refractivity contribution in [1.29, 1.82) is 0 Å². The Morgan fingerprint density at radius 2 is 0.971 bits per heavy atom. The second-order valence-electron chi connectivity index (χ2n) is 19.3. The molecule has 70 heavy (non-hydrogen) atoms. The minimum absolute atomic E-state index is 0.288. The van der Waals surface area contributed by atoms with Crippen molar-refractivity contribution in [3.8, 4) is 0 Å². The smallest absolute Gasteiger partial charge is 0.406 e. The fraction of sp³-hybridized carbons (Fsp3) is 0.321. The van der Waals surface area contributed by atoms with Gasteiger partial charge in [0.2, 0.25) is 10.0 Å². The van der Waals surface area contributed by atoms with Gasteiger partial charge in [0.1, 0.15) is 4.90 Å². The third-order valence-electron chi connectivity index (χ3n) is 12.5. The van der Waals surface area contributed by atoms with Gasteiger partial charge in [0, 0.05) is 49.5 Å². The molecule has 374 valence electrons. The SMILES string of the molecule is CC(C)(C)[Si](OCCN(CCO[Si](c1ccccc1)(c1ccccc1)C(C)(C)C)CC[C@H](CSc1ccccc1)Nc1ccc(S(N)(=O)=O)cc1S(=O)(=O)C(F)(F)F)(c1ccccc1)c1ccccc1. The van der Waals surface area contributed by atoms with Gasteiger partial charge < -0.3 is 14.2 Å². The molecule has 0 saturated heterocycles. The number of rotatable bonds is 22. The zero-order valence-electron chi connectivity index (χ0n) is 40.5. The standard InChI is InChI=1S/C53H64F3N3O6S3Si2/c1-51(2,3)69(45-24-14-8-15-25-45,46-26-16-9-17-27-46)64-38-36-59(37-39-65-70(52(4,5)6,47-28-18-10-19-29-47)48-30-20-11-21-31-48)35-34-42(41-66-43-22-12-7-13-23-43)58-49-33-32-44(68(57,62)63)40-50(49)67(60,61)53(54,55)56/h7-33,40,42,58H,34-39,41H2,1-6H3,(H2,57,62,63)/t42-/m1/s1. The number of primary sulfonamides is 1. The van der Waals surface area contributed by atoms with Crippen molar-refractivity contribution in [3.05, 3.63) is 170 Å². The van der Waals surface area contributed by atoms with E-state index in [0.717, 1.165) is 37.8 Å². The number of thioether (sulfide) groups is 1. The van der Waals surface area contributed by atoms with Gasteiger partial charge in [-0.1, -0.05) is 181 Å². The van der Waals surface area contributed by atoms with Gasteiger partial charge in [-0.05, 0) is 67.6 Å². The zero-order valence-corrected chi connectivity index (χ0v) is 45.0. The first-order chi connectivity index (χ1) is 33.0. The number of nitrogens with zero attached hydrogens (tertiary/aromatic N) is 1. The van der Waals surface area contributed by atoms with Crippen LogP contribution in [0.5, 0.6) is 0 Å². The van der Waals surface area contributed by atoms with Crippen molar-refractivity contribution in [2.45, 2.75) is 84.3 Å². The van der Waals surface area contributed by atoms with Crippen molar-refractivity contribution >= 4 is 74.7 Å². The molecular weight excluding hydrogens is 984 g/mol. The summed E-state index contributed by atoms with van der Waals surface area (Å²) < 4.78 is 108. The fourth-order valence-electron chi connectivity index (χ4n) is 9.13. The number of sulfonamides is 1. The third kappa shape index (κ3) is 12.7. The molecule has 0 fully saturated rings. The molecule has 0 aliphatic heterocycles. The summed E-state index contributed by atoms with van der Waals surface area (Å²) >= 11 is 1.46. The molecule has 0 amide bonds. The molecule has 6 aromatic carbocycles. The molecule has 0 saturated carbocycles. The third-order valence-corrected chi connectivity index (χ3v) is 26.2. The largest absolute Gasteiger partial charge is 0.501 e. The molecule has 17 heteroatoms. The lowest BCUT2D eigenvalue weighted by Crippen LogP contribution is -2.67. The van der Waals surface area contributed by atoms with E-state index in [9.17, 15) is 30.0 Å². The van der Waals surface area contributed by atoms with Gasteiger partial charge >= 0.3 is 5.51 Å². The van der Waals surface area contributed by atoms with E-state index in [2.05, 4.69) is 100 Å². The summed E-state index contributed by atoms with van der Waals surface area (Å²) in [5, 5.41) is 12.4. The number of alkyl halides is 3. The molecule has 3 N–H and O–H groups in total. The maximum absolute atomic E-state index is 14.2. The highest BCUT2D eigenvalue weighted by molar-refractivity contribution is 7.99. The highest BCUT2D eigenvalue weighted by atomic mass is 32.2. The van der Waals surface area contributed by atoms with Crippen LogP contribution in [-0.4, -0.2) is 88.5 Å². The molecule has 6 rings (SSSR count). The van der Waals surface area contributed by atoms with E-state index in [1.807, 2.05) is 103 Å².